The van der Waals surface area contributed by atoms with Gasteiger partial charge in [0.2, 0.25) is 5.75 Å². The highest BCUT2D eigenvalue weighted by molar-refractivity contribution is 5.59. The van der Waals surface area contributed by atoms with Gasteiger partial charge in [0.25, 0.3) is 0 Å². The molecule has 1 aliphatic carbocycles. The fourth-order valence-electron chi connectivity index (χ4n) is 1.97. The van der Waals surface area contributed by atoms with Gasteiger partial charge in [-0.3, -0.25) is 10.1 Å². The van der Waals surface area contributed by atoms with Crippen molar-refractivity contribution in [1.82, 2.24) is 5.32 Å². The van der Waals surface area contributed by atoms with Gasteiger partial charge in [-0.25, -0.2) is 0 Å². The number of nitrogens with one attached hydrogen (secondary N) is 1. The summed E-state index contributed by atoms with van der Waals surface area (Å²) in [6.45, 7) is 0. The van der Waals surface area contributed by atoms with Crippen molar-refractivity contribution in [3.8, 4) is 11.5 Å². The molecule has 0 aromatic heterocycles. The molecule has 0 heterocycles. The minimum atomic E-state index is -0.604. The van der Waals surface area contributed by atoms with Crippen LogP contribution in [0.3, 0.4) is 0 Å². The molecule has 1 aromatic rings. The van der Waals surface area contributed by atoms with E-state index in [2.05, 4.69) is 5.32 Å². The number of hydrogen-bond acceptors (Lipinski definition) is 5. The number of phenols is 1. The summed E-state index contributed by atoms with van der Waals surface area (Å²) < 4.78 is 4.96. The maximum Gasteiger partial charge on any atom is 0.315 e. The maximum atomic E-state index is 10.8. The van der Waals surface area contributed by atoms with Gasteiger partial charge in [-0.15, -0.1) is 0 Å². The smallest absolute Gasteiger partial charge is 0.315 e. The van der Waals surface area contributed by atoms with Crippen molar-refractivity contribution in [3.05, 3.63) is 27.8 Å². The second-order valence-corrected chi connectivity index (χ2v) is 4.14. The largest absolute Gasteiger partial charge is 0.500 e. The Hall–Kier alpha value is -1.82. The van der Waals surface area contributed by atoms with Crippen molar-refractivity contribution < 1.29 is 14.8 Å². The van der Waals surface area contributed by atoms with Crippen LogP contribution >= 0.6 is 0 Å². The number of rotatable bonds is 4. The molecule has 0 aliphatic heterocycles. The van der Waals surface area contributed by atoms with Crippen molar-refractivity contribution in [2.24, 2.45) is 0 Å². The average molecular weight is 238 g/mol. The molecular formula is C11H14N2O4. The lowest BCUT2D eigenvalue weighted by Gasteiger charge is -2.16. The summed E-state index contributed by atoms with van der Waals surface area (Å²) in [5.41, 5.74) is 0.258. The summed E-state index contributed by atoms with van der Waals surface area (Å²) in [6, 6.07) is 3.05. The number of nitro groups is 1. The van der Waals surface area contributed by atoms with Crippen LogP contribution in [0.5, 0.6) is 11.5 Å². The van der Waals surface area contributed by atoms with Crippen LogP contribution in [0.25, 0.3) is 0 Å². The lowest BCUT2D eigenvalue weighted by Crippen LogP contribution is -2.24. The lowest BCUT2D eigenvalue weighted by atomic mass is 10.0. The number of nitro benzene ring substituents is 1. The third-order valence-electron chi connectivity index (χ3n) is 3.25. The Labute approximate surface area is 98.4 Å². The Morgan fingerprint density at radius 3 is 2.59 bits per heavy atom. The molecule has 17 heavy (non-hydrogen) atoms. The number of phenolic OH excluding ortho intramolecular Hbond substituents is 1. The molecule has 1 aromatic carbocycles. The third kappa shape index (κ3) is 1.80. The number of ether oxygens (including phenoxy) is 1. The van der Waals surface area contributed by atoms with E-state index in [0.29, 0.717) is 0 Å². The zero-order chi connectivity index (χ0) is 12.6. The minimum absolute atomic E-state index is 0.135. The highest BCUT2D eigenvalue weighted by Crippen LogP contribution is 2.49. The van der Waals surface area contributed by atoms with Crippen LogP contribution in [-0.4, -0.2) is 24.2 Å². The van der Waals surface area contributed by atoms with E-state index in [1.807, 2.05) is 7.05 Å². The molecule has 0 unspecified atom stereocenters. The summed E-state index contributed by atoms with van der Waals surface area (Å²) >= 11 is 0. The number of methoxy groups -OCH3 is 1. The summed E-state index contributed by atoms with van der Waals surface area (Å²) in [6.07, 6.45) is 1.85. The summed E-state index contributed by atoms with van der Waals surface area (Å²) in [5.74, 6) is -0.288. The first-order valence-electron chi connectivity index (χ1n) is 5.29. The molecule has 6 nitrogen and oxygen atoms in total. The minimum Gasteiger partial charge on any atom is -0.500 e. The van der Waals surface area contributed by atoms with Gasteiger partial charge in [0.15, 0.2) is 5.75 Å². The van der Waals surface area contributed by atoms with E-state index in [-0.39, 0.29) is 17.0 Å². The normalized spacial score (nSPS) is 16.6. The van der Waals surface area contributed by atoms with E-state index in [1.54, 1.807) is 6.07 Å². The molecular weight excluding hydrogens is 224 g/mol. The molecule has 2 N–H and O–H groups in total. The van der Waals surface area contributed by atoms with Gasteiger partial charge in [0.1, 0.15) is 0 Å². The van der Waals surface area contributed by atoms with Crippen LogP contribution in [0.15, 0.2) is 12.1 Å². The van der Waals surface area contributed by atoms with Crippen molar-refractivity contribution in [3.63, 3.8) is 0 Å². The van der Waals surface area contributed by atoms with Gasteiger partial charge in [-0.05, 0) is 31.5 Å². The Morgan fingerprint density at radius 2 is 2.18 bits per heavy atom. The topological polar surface area (TPSA) is 84.6 Å². The summed E-state index contributed by atoms with van der Waals surface area (Å²) in [4.78, 5) is 10.2. The van der Waals surface area contributed by atoms with E-state index < -0.39 is 10.7 Å². The summed E-state index contributed by atoms with van der Waals surface area (Å²) in [7, 11) is 3.19. The first kappa shape index (κ1) is 11.7. The Kier molecular flexibility index (Phi) is 2.66. The third-order valence-corrected chi connectivity index (χ3v) is 3.25. The van der Waals surface area contributed by atoms with E-state index >= 15 is 0 Å². The molecule has 0 atom stereocenters. The quantitative estimate of drug-likeness (QED) is 0.613. The Balaban J connectivity index is 2.55. The van der Waals surface area contributed by atoms with Crippen LogP contribution in [0, 0.1) is 10.1 Å². The fraction of sp³-hybridized carbons (Fsp3) is 0.455. The first-order chi connectivity index (χ1) is 8.04. The Morgan fingerprint density at radius 1 is 1.53 bits per heavy atom. The molecule has 1 fully saturated rings. The van der Waals surface area contributed by atoms with Crippen molar-refractivity contribution >= 4 is 5.69 Å². The standard InChI is InChI=1S/C11H14N2O4/c1-12-11(3-4-11)7-5-8(13(15)16)10(14)9(6-7)17-2/h5-6,12,14H,3-4H2,1-2H3. The average Bonchev–Trinajstić information content (AvgIpc) is 3.10. The molecule has 0 bridgehead atoms. The molecule has 1 aliphatic rings. The highest BCUT2D eigenvalue weighted by Gasteiger charge is 2.44. The van der Waals surface area contributed by atoms with E-state index in [9.17, 15) is 15.2 Å². The molecule has 92 valence electrons. The van der Waals surface area contributed by atoms with Gasteiger partial charge in [-0.2, -0.15) is 0 Å². The van der Waals surface area contributed by atoms with Gasteiger partial charge in [0.05, 0.1) is 12.0 Å². The van der Waals surface area contributed by atoms with Crippen LogP contribution in [-0.2, 0) is 5.54 Å². The van der Waals surface area contributed by atoms with Gasteiger partial charge >= 0.3 is 5.69 Å². The van der Waals surface area contributed by atoms with E-state index in [0.717, 1.165) is 18.4 Å². The molecule has 0 radical (unpaired) electrons. The van der Waals surface area contributed by atoms with Crippen LogP contribution < -0.4 is 10.1 Å². The molecule has 0 amide bonds. The number of aromatic hydroxyl groups is 1. The second-order valence-electron chi connectivity index (χ2n) is 4.14. The predicted octanol–water partition coefficient (Wildman–Crippen LogP) is 1.52. The first-order valence-corrected chi connectivity index (χ1v) is 5.29. The molecule has 0 saturated heterocycles. The predicted molar refractivity (Wildman–Crippen MR) is 61.3 cm³/mol. The number of nitrogens with zero attached hydrogens (tertiary/aromatic N) is 1. The van der Waals surface area contributed by atoms with Crippen molar-refractivity contribution in [2.45, 2.75) is 18.4 Å². The number of benzene rings is 1. The maximum absolute atomic E-state index is 10.8. The van der Waals surface area contributed by atoms with E-state index in [4.69, 9.17) is 4.74 Å². The van der Waals surface area contributed by atoms with Crippen LogP contribution in [0.2, 0.25) is 0 Å². The molecule has 0 spiro atoms. The van der Waals surface area contributed by atoms with Gasteiger partial charge < -0.3 is 15.2 Å². The monoisotopic (exact) mass is 238 g/mol. The fourth-order valence-corrected chi connectivity index (χ4v) is 1.97. The van der Waals surface area contributed by atoms with Crippen molar-refractivity contribution in [2.75, 3.05) is 14.2 Å². The molecule has 2 rings (SSSR count). The van der Waals surface area contributed by atoms with Gasteiger partial charge in [-0.1, -0.05) is 0 Å². The Bertz CT molecular complexity index is 469. The zero-order valence-corrected chi connectivity index (χ0v) is 9.69. The van der Waals surface area contributed by atoms with Gasteiger partial charge in [0, 0.05) is 11.6 Å². The highest BCUT2D eigenvalue weighted by atomic mass is 16.6. The molecule has 1 saturated carbocycles. The van der Waals surface area contributed by atoms with Crippen molar-refractivity contribution in [1.29, 1.82) is 0 Å². The van der Waals surface area contributed by atoms with Crippen LogP contribution in [0.4, 0.5) is 5.69 Å². The number of hydrogen-bond donors (Lipinski definition) is 2. The lowest BCUT2D eigenvalue weighted by molar-refractivity contribution is -0.386. The summed E-state index contributed by atoms with van der Waals surface area (Å²) in [5, 5.41) is 23.6. The SMILES string of the molecule is CNC1(c2cc(OC)c(O)c([N+](=O)[O-])c2)CC1. The zero-order valence-electron chi connectivity index (χ0n) is 9.69. The van der Waals surface area contributed by atoms with Crippen LogP contribution in [0.1, 0.15) is 18.4 Å². The van der Waals surface area contributed by atoms with E-state index in [1.165, 1.54) is 13.2 Å². The second kappa shape index (κ2) is 3.89. The molecule has 6 heteroatoms.